The van der Waals surface area contributed by atoms with E-state index in [-0.39, 0.29) is 5.56 Å². The Hall–Kier alpha value is -1.69. The summed E-state index contributed by atoms with van der Waals surface area (Å²) in [5.74, 6) is 0. The van der Waals surface area contributed by atoms with Gasteiger partial charge in [0.05, 0.1) is 5.69 Å². The van der Waals surface area contributed by atoms with Crippen LogP contribution in [0.3, 0.4) is 0 Å². The molecule has 4 nitrogen and oxygen atoms in total. The molecule has 0 aliphatic carbocycles. The third kappa shape index (κ3) is 3.86. The SMILES string of the molecule is CCCN(Cc1ccc(Cl)cc1)Cc1cc(=O)n2c(C)csc2n1. The first-order chi connectivity index (χ1) is 11.6. The van der Waals surface area contributed by atoms with Gasteiger partial charge in [0.2, 0.25) is 0 Å². The van der Waals surface area contributed by atoms with Gasteiger partial charge in [-0.3, -0.25) is 14.1 Å². The Morgan fingerprint density at radius 3 is 2.71 bits per heavy atom. The van der Waals surface area contributed by atoms with Gasteiger partial charge in [0, 0.05) is 35.3 Å². The summed E-state index contributed by atoms with van der Waals surface area (Å²) in [5, 5.41) is 2.71. The number of hydrogen-bond acceptors (Lipinski definition) is 4. The van der Waals surface area contributed by atoms with Crippen molar-refractivity contribution in [2.75, 3.05) is 6.54 Å². The van der Waals surface area contributed by atoms with Crippen LogP contribution in [0.25, 0.3) is 4.96 Å². The van der Waals surface area contributed by atoms with Gasteiger partial charge in [-0.1, -0.05) is 30.7 Å². The molecule has 0 spiro atoms. The standard InChI is InChI=1S/C18H20ClN3OS/c1-3-8-21(10-14-4-6-15(19)7-5-14)11-16-9-17(23)22-13(2)12-24-18(22)20-16/h4-7,9,12H,3,8,10-11H2,1-2H3. The van der Waals surface area contributed by atoms with Gasteiger partial charge in [-0.05, 0) is 37.6 Å². The largest absolute Gasteiger partial charge is 0.293 e. The first kappa shape index (κ1) is 17.1. The predicted molar refractivity (Wildman–Crippen MR) is 99.9 cm³/mol. The monoisotopic (exact) mass is 361 g/mol. The Morgan fingerprint density at radius 1 is 1.25 bits per heavy atom. The van der Waals surface area contributed by atoms with Gasteiger partial charge in [-0.25, -0.2) is 4.98 Å². The highest BCUT2D eigenvalue weighted by molar-refractivity contribution is 7.15. The van der Waals surface area contributed by atoms with E-state index >= 15 is 0 Å². The fraction of sp³-hybridized carbons (Fsp3) is 0.333. The third-order valence-corrected chi connectivity index (χ3v) is 5.07. The van der Waals surface area contributed by atoms with Crippen LogP contribution in [0.1, 0.15) is 30.3 Å². The highest BCUT2D eigenvalue weighted by Crippen LogP contribution is 2.15. The topological polar surface area (TPSA) is 37.6 Å². The van der Waals surface area contributed by atoms with Crippen LogP contribution in [0.15, 0.2) is 40.5 Å². The molecule has 6 heteroatoms. The number of benzene rings is 1. The van der Waals surface area contributed by atoms with Crippen LogP contribution in [0, 0.1) is 6.92 Å². The lowest BCUT2D eigenvalue weighted by Gasteiger charge is -2.21. The fourth-order valence-electron chi connectivity index (χ4n) is 2.79. The van der Waals surface area contributed by atoms with Crippen molar-refractivity contribution in [3.63, 3.8) is 0 Å². The van der Waals surface area contributed by atoms with Gasteiger partial charge >= 0.3 is 0 Å². The van der Waals surface area contributed by atoms with Crippen LogP contribution in [0.2, 0.25) is 5.02 Å². The summed E-state index contributed by atoms with van der Waals surface area (Å²) in [6.07, 6.45) is 1.05. The zero-order chi connectivity index (χ0) is 17.1. The predicted octanol–water partition coefficient (Wildman–Crippen LogP) is 4.13. The molecule has 1 aromatic carbocycles. The Morgan fingerprint density at radius 2 is 2.00 bits per heavy atom. The number of rotatable bonds is 6. The first-order valence-electron chi connectivity index (χ1n) is 8.00. The van der Waals surface area contributed by atoms with Crippen LogP contribution in [-0.4, -0.2) is 20.8 Å². The fourth-order valence-corrected chi connectivity index (χ4v) is 3.81. The van der Waals surface area contributed by atoms with E-state index in [1.165, 1.54) is 16.9 Å². The van der Waals surface area contributed by atoms with Crippen molar-refractivity contribution in [3.05, 3.63) is 68.0 Å². The molecule has 0 N–H and O–H groups in total. The molecule has 126 valence electrons. The Kier molecular flexibility index (Phi) is 5.33. The summed E-state index contributed by atoms with van der Waals surface area (Å²) in [5.41, 5.74) is 2.96. The molecule has 0 atom stereocenters. The second kappa shape index (κ2) is 7.47. The number of thiazole rings is 1. The third-order valence-electron chi connectivity index (χ3n) is 3.87. The Labute approximate surface area is 150 Å². The summed E-state index contributed by atoms with van der Waals surface area (Å²) in [4.78, 5) is 20.0. The van der Waals surface area contributed by atoms with Crippen LogP contribution in [0.5, 0.6) is 0 Å². The molecule has 0 fully saturated rings. The van der Waals surface area contributed by atoms with Crippen molar-refractivity contribution in [1.29, 1.82) is 0 Å². The number of halogens is 1. The van der Waals surface area contributed by atoms with Crippen molar-refractivity contribution >= 4 is 27.9 Å². The number of hydrogen-bond donors (Lipinski definition) is 0. The summed E-state index contributed by atoms with van der Waals surface area (Å²) in [7, 11) is 0. The van der Waals surface area contributed by atoms with E-state index in [1.54, 1.807) is 10.5 Å². The maximum Gasteiger partial charge on any atom is 0.259 e. The lowest BCUT2D eigenvalue weighted by molar-refractivity contribution is 0.254. The number of nitrogens with zero attached hydrogens (tertiary/aromatic N) is 3. The minimum absolute atomic E-state index is 0.00306. The van der Waals surface area contributed by atoms with Gasteiger partial charge in [-0.15, -0.1) is 11.3 Å². The van der Waals surface area contributed by atoms with Gasteiger partial charge < -0.3 is 0 Å². The summed E-state index contributed by atoms with van der Waals surface area (Å²) < 4.78 is 1.66. The maximum atomic E-state index is 12.3. The molecular formula is C18H20ClN3OS. The zero-order valence-electron chi connectivity index (χ0n) is 13.8. The summed E-state index contributed by atoms with van der Waals surface area (Å²) >= 11 is 7.46. The van der Waals surface area contributed by atoms with Crippen LogP contribution in [0.4, 0.5) is 0 Å². The Bertz CT molecular complexity index is 885. The molecule has 0 saturated heterocycles. The highest BCUT2D eigenvalue weighted by atomic mass is 35.5. The molecule has 0 bridgehead atoms. The second-order valence-electron chi connectivity index (χ2n) is 5.92. The molecule has 0 unspecified atom stereocenters. The number of aromatic nitrogens is 2. The molecule has 0 saturated carbocycles. The van der Waals surface area contributed by atoms with Crippen LogP contribution in [-0.2, 0) is 13.1 Å². The molecule has 2 heterocycles. The molecule has 24 heavy (non-hydrogen) atoms. The zero-order valence-corrected chi connectivity index (χ0v) is 15.4. The molecular weight excluding hydrogens is 342 g/mol. The normalized spacial score (nSPS) is 11.5. The lowest BCUT2D eigenvalue weighted by atomic mass is 10.2. The molecule has 0 aliphatic heterocycles. The molecule has 0 amide bonds. The summed E-state index contributed by atoms with van der Waals surface area (Å²) in [6.45, 7) is 6.51. The van der Waals surface area contributed by atoms with E-state index in [2.05, 4.69) is 16.8 Å². The van der Waals surface area contributed by atoms with E-state index in [1.807, 2.05) is 36.6 Å². The average molecular weight is 362 g/mol. The quantitative estimate of drug-likeness (QED) is 0.662. The minimum atomic E-state index is -0.00306. The number of aryl methyl sites for hydroxylation is 1. The van der Waals surface area contributed by atoms with Crippen molar-refractivity contribution in [2.45, 2.75) is 33.4 Å². The smallest absolute Gasteiger partial charge is 0.259 e. The van der Waals surface area contributed by atoms with Gasteiger partial charge in [0.15, 0.2) is 4.96 Å². The van der Waals surface area contributed by atoms with Crippen LogP contribution < -0.4 is 5.56 Å². The van der Waals surface area contributed by atoms with Gasteiger partial charge in [0.1, 0.15) is 0 Å². The van der Waals surface area contributed by atoms with Crippen LogP contribution >= 0.6 is 22.9 Å². The van der Waals surface area contributed by atoms with Crippen molar-refractivity contribution in [2.24, 2.45) is 0 Å². The van der Waals surface area contributed by atoms with E-state index in [0.29, 0.717) is 6.54 Å². The molecule has 0 aliphatic rings. The lowest BCUT2D eigenvalue weighted by Crippen LogP contribution is -2.26. The van der Waals surface area contributed by atoms with Crippen molar-refractivity contribution in [1.82, 2.24) is 14.3 Å². The molecule has 3 aromatic rings. The van der Waals surface area contributed by atoms with E-state index < -0.39 is 0 Å². The molecule has 2 aromatic heterocycles. The molecule has 3 rings (SSSR count). The molecule has 0 radical (unpaired) electrons. The average Bonchev–Trinajstić information content (AvgIpc) is 2.91. The van der Waals surface area contributed by atoms with Crippen molar-refractivity contribution in [3.8, 4) is 0 Å². The van der Waals surface area contributed by atoms with E-state index in [0.717, 1.165) is 40.9 Å². The minimum Gasteiger partial charge on any atom is -0.293 e. The van der Waals surface area contributed by atoms with Gasteiger partial charge in [0.25, 0.3) is 5.56 Å². The number of fused-ring (bicyclic) bond motifs is 1. The van der Waals surface area contributed by atoms with Crippen molar-refractivity contribution < 1.29 is 0 Å². The van der Waals surface area contributed by atoms with E-state index in [4.69, 9.17) is 11.6 Å². The van der Waals surface area contributed by atoms with Gasteiger partial charge in [-0.2, -0.15) is 0 Å². The first-order valence-corrected chi connectivity index (χ1v) is 9.26. The van der Waals surface area contributed by atoms with E-state index in [9.17, 15) is 4.79 Å². The maximum absolute atomic E-state index is 12.3. The summed E-state index contributed by atoms with van der Waals surface area (Å²) in [6, 6.07) is 9.55. The Balaban J connectivity index is 1.82. The second-order valence-corrected chi connectivity index (χ2v) is 7.19. The highest BCUT2D eigenvalue weighted by Gasteiger charge is 2.11.